The molecule has 172 valence electrons. The minimum Gasteiger partial charge on any atom is -0.335 e. The molecular formula is C28H27N3O2S. The van der Waals surface area contributed by atoms with Gasteiger partial charge in [-0.05, 0) is 30.3 Å². The fraction of sp³-hybridized carbons (Fsp3) is 0.179. The molecule has 3 aliphatic heterocycles. The van der Waals surface area contributed by atoms with Crippen LogP contribution in [-0.2, 0) is 13.1 Å². The first-order chi connectivity index (χ1) is 16.3. The number of benzene rings is 3. The van der Waals surface area contributed by atoms with Crippen molar-refractivity contribution in [2.75, 3.05) is 21.1 Å². The van der Waals surface area contributed by atoms with E-state index in [0.29, 0.717) is 11.1 Å². The Morgan fingerprint density at radius 1 is 0.647 bits per heavy atom. The van der Waals surface area contributed by atoms with E-state index >= 15 is 0 Å². The van der Waals surface area contributed by atoms with Crippen molar-refractivity contribution < 1.29 is 9.59 Å². The van der Waals surface area contributed by atoms with E-state index in [2.05, 4.69) is 42.8 Å². The van der Waals surface area contributed by atoms with Crippen LogP contribution in [0, 0.1) is 0 Å². The van der Waals surface area contributed by atoms with Crippen LogP contribution >= 0.6 is 12.2 Å². The molecular weight excluding hydrogens is 442 g/mol. The summed E-state index contributed by atoms with van der Waals surface area (Å²) in [6.07, 6.45) is 0. The molecule has 0 aliphatic carbocycles. The summed E-state index contributed by atoms with van der Waals surface area (Å²) < 4.78 is 0. The van der Waals surface area contributed by atoms with Crippen LogP contribution in [0.1, 0.15) is 43.0 Å². The summed E-state index contributed by atoms with van der Waals surface area (Å²) in [6, 6.07) is 23.6. The zero-order valence-electron chi connectivity index (χ0n) is 19.6. The van der Waals surface area contributed by atoms with E-state index in [1.165, 1.54) is 18.2 Å². The van der Waals surface area contributed by atoms with Gasteiger partial charge >= 0.3 is 0 Å². The predicted octanol–water partition coefficient (Wildman–Crippen LogP) is 4.82. The van der Waals surface area contributed by atoms with Gasteiger partial charge in [0.25, 0.3) is 11.8 Å². The SMILES string of the molecule is C=C1c2ccccc2C(=S)N1C.CN1C(=O)c2ccccc2C1=O.CN1Cc2ccccc2C1. The summed E-state index contributed by atoms with van der Waals surface area (Å²) >= 11 is 5.24. The third-order valence-corrected chi connectivity index (χ3v) is 6.67. The number of hydrogen-bond acceptors (Lipinski definition) is 4. The number of carbonyl (C=O) groups excluding carboxylic acids is 2. The van der Waals surface area contributed by atoms with Crippen molar-refractivity contribution in [1.29, 1.82) is 0 Å². The standard InChI is InChI=1S/C10H9NS.C9H7NO2.C9H11N/c1-7-8-5-3-4-6-9(8)10(12)11(7)2;1-10-8(11)6-4-2-3-5-7(6)9(10)12;1-10-6-8-4-2-3-5-9(8)7-10/h3-6H,1H2,2H3;2-5H,1H3;2-5H,6-7H2,1H3. The lowest BCUT2D eigenvalue weighted by Crippen LogP contribution is -2.24. The van der Waals surface area contributed by atoms with E-state index in [1.807, 2.05) is 36.2 Å². The van der Waals surface area contributed by atoms with E-state index in [4.69, 9.17) is 12.2 Å². The van der Waals surface area contributed by atoms with Gasteiger partial charge in [0.05, 0.1) is 11.1 Å². The molecule has 3 aliphatic rings. The average Bonchev–Trinajstić information content (AvgIpc) is 3.43. The van der Waals surface area contributed by atoms with Crippen LogP contribution in [0.2, 0.25) is 0 Å². The Hall–Kier alpha value is -3.61. The topological polar surface area (TPSA) is 43.9 Å². The van der Waals surface area contributed by atoms with Crippen molar-refractivity contribution in [1.82, 2.24) is 14.7 Å². The van der Waals surface area contributed by atoms with Crippen molar-refractivity contribution in [3.63, 3.8) is 0 Å². The van der Waals surface area contributed by atoms with Crippen LogP contribution in [-0.4, -0.2) is 52.6 Å². The van der Waals surface area contributed by atoms with Gasteiger partial charge in [0.1, 0.15) is 4.99 Å². The maximum absolute atomic E-state index is 11.3. The number of carbonyl (C=O) groups is 2. The molecule has 3 aromatic carbocycles. The molecule has 5 nitrogen and oxygen atoms in total. The zero-order valence-corrected chi connectivity index (χ0v) is 20.4. The van der Waals surface area contributed by atoms with Crippen LogP contribution < -0.4 is 0 Å². The molecule has 0 saturated heterocycles. The lowest BCUT2D eigenvalue weighted by atomic mass is 10.1. The molecule has 0 aromatic heterocycles. The molecule has 2 amide bonds. The molecule has 0 radical (unpaired) electrons. The fourth-order valence-corrected chi connectivity index (χ4v) is 4.51. The van der Waals surface area contributed by atoms with Crippen LogP contribution in [0.4, 0.5) is 0 Å². The lowest BCUT2D eigenvalue weighted by molar-refractivity contribution is 0.0693. The van der Waals surface area contributed by atoms with Crippen LogP contribution in [0.5, 0.6) is 0 Å². The Morgan fingerprint density at radius 3 is 1.53 bits per heavy atom. The molecule has 34 heavy (non-hydrogen) atoms. The van der Waals surface area contributed by atoms with Gasteiger partial charge in [-0.25, -0.2) is 0 Å². The third-order valence-electron chi connectivity index (χ3n) is 6.17. The molecule has 0 spiro atoms. The van der Waals surface area contributed by atoms with Gasteiger partial charge in [0.15, 0.2) is 0 Å². The largest absolute Gasteiger partial charge is 0.335 e. The normalized spacial score (nSPS) is 15.9. The second-order valence-electron chi connectivity index (χ2n) is 8.51. The molecule has 0 fully saturated rings. The summed E-state index contributed by atoms with van der Waals surface area (Å²) in [5.41, 5.74) is 7.27. The van der Waals surface area contributed by atoms with Gasteiger partial charge in [0, 0.05) is 44.0 Å². The molecule has 6 rings (SSSR count). The Labute approximate surface area is 205 Å². The van der Waals surface area contributed by atoms with Gasteiger partial charge in [0.2, 0.25) is 0 Å². The summed E-state index contributed by atoms with van der Waals surface area (Å²) in [5.74, 6) is -0.425. The molecule has 3 aromatic rings. The van der Waals surface area contributed by atoms with Crippen molar-refractivity contribution in [2.45, 2.75) is 13.1 Å². The predicted molar refractivity (Wildman–Crippen MR) is 139 cm³/mol. The average molecular weight is 470 g/mol. The van der Waals surface area contributed by atoms with E-state index in [-0.39, 0.29) is 11.8 Å². The van der Waals surface area contributed by atoms with Crippen molar-refractivity contribution in [3.8, 4) is 0 Å². The van der Waals surface area contributed by atoms with Crippen LogP contribution in [0.25, 0.3) is 5.70 Å². The van der Waals surface area contributed by atoms with E-state index in [1.54, 1.807) is 24.3 Å². The Bertz CT molecular complexity index is 1130. The van der Waals surface area contributed by atoms with Gasteiger partial charge in [-0.15, -0.1) is 0 Å². The Balaban J connectivity index is 0.000000121. The second kappa shape index (κ2) is 9.71. The number of amides is 2. The number of fused-ring (bicyclic) bond motifs is 3. The fourth-order valence-electron chi connectivity index (χ4n) is 4.22. The first-order valence-electron chi connectivity index (χ1n) is 11.0. The highest BCUT2D eigenvalue weighted by molar-refractivity contribution is 7.80. The molecule has 0 bridgehead atoms. The smallest absolute Gasteiger partial charge is 0.261 e. The Morgan fingerprint density at radius 2 is 1.06 bits per heavy atom. The molecule has 0 unspecified atom stereocenters. The lowest BCUT2D eigenvalue weighted by Gasteiger charge is -2.10. The van der Waals surface area contributed by atoms with Crippen molar-refractivity contribution in [3.05, 3.63) is 113 Å². The highest BCUT2D eigenvalue weighted by atomic mass is 32.1. The monoisotopic (exact) mass is 469 g/mol. The highest BCUT2D eigenvalue weighted by Gasteiger charge is 2.31. The number of hydrogen-bond donors (Lipinski definition) is 0. The molecule has 0 saturated carbocycles. The van der Waals surface area contributed by atoms with Gasteiger partial charge in [-0.2, -0.15) is 0 Å². The van der Waals surface area contributed by atoms with Gasteiger partial charge in [-0.1, -0.05) is 79.5 Å². The van der Waals surface area contributed by atoms with Crippen molar-refractivity contribution >= 4 is 34.7 Å². The summed E-state index contributed by atoms with van der Waals surface area (Å²) in [6.45, 7) is 6.21. The van der Waals surface area contributed by atoms with Crippen molar-refractivity contribution in [2.24, 2.45) is 0 Å². The first-order valence-corrected chi connectivity index (χ1v) is 11.4. The molecule has 0 atom stereocenters. The van der Waals surface area contributed by atoms with E-state index in [0.717, 1.165) is 39.8 Å². The third kappa shape index (κ3) is 4.42. The minimum absolute atomic E-state index is 0.212. The minimum atomic E-state index is -0.212. The first kappa shape index (κ1) is 23.5. The summed E-state index contributed by atoms with van der Waals surface area (Å²) in [5, 5.41) is 0. The van der Waals surface area contributed by atoms with Gasteiger partial charge in [-0.3, -0.25) is 19.4 Å². The summed E-state index contributed by atoms with van der Waals surface area (Å²) in [7, 11) is 5.59. The summed E-state index contributed by atoms with van der Waals surface area (Å²) in [4.78, 5) is 28.9. The number of rotatable bonds is 0. The second-order valence-corrected chi connectivity index (χ2v) is 8.90. The number of imide groups is 1. The number of nitrogens with zero attached hydrogens (tertiary/aromatic N) is 3. The Kier molecular flexibility index (Phi) is 6.72. The zero-order chi connectivity index (χ0) is 24.4. The number of thiocarbonyl (C=S) groups is 1. The maximum Gasteiger partial charge on any atom is 0.261 e. The molecule has 3 heterocycles. The van der Waals surface area contributed by atoms with Crippen LogP contribution in [0.3, 0.4) is 0 Å². The highest BCUT2D eigenvalue weighted by Crippen LogP contribution is 2.30. The maximum atomic E-state index is 11.3. The molecule has 0 N–H and O–H groups in total. The quantitative estimate of drug-likeness (QED) is 0.349. The molecule has 6 heteroatoms. The van der Waals surface area contributed by atoms with E-state index in [9.17, 15) is 9.59 Å². The van der Waals surface area contributed by atoms with Gasteiger partial charge < -0.3 is 4.90 Å². The van der Waals surface area contributed by atoms with Crippen LogP contribution in [0.15, 0.2) is 79.4 Å². The van der Waals surface area contributed by atoms with E-state index < -0.39 is 0 Å².